The number of piperidine rings is 1. The van der Waals surface area contributed by atoms with E-state index >= 15 is 0 Å². The molecule has 0 unspecified atom stereocenters. The summed E-state index contributed by atoms with van der Waals surface area (Å²) in [6.07, 6.45) is 11.5. The van der Waals surface area contributed by atoms with Gasteiger partial charge in [-0.25, -0.2) is 0 Å². The molecule has 1 N–H and O–H groups in total. The van der Waals surface area contributed by atoms with E-state index in [0.717, 1.165) is 51.4 Å². The van der Waals surface area contributed by atoms with Gasteiger partial charge in [0.2, 0.25) is 5.43 Å². The van der Waals surface area contributed by atoms with Crippen LogP contribution in [0.4, 0.5) is 0 Å². The first-order chi connectivity index (χ1) is 13.0. The molecular formula is C21H31N3O3. The van der Waals surface area contributed by atoms with Crippen LogP contribution in [-0.2, 0) is 0 Å². The van der Waals surface area contributed by atoms with Crippen molar-refractivity contribution in [1.29, 1.82) is 0 Å². The number of nitrogens with zero attached hydrogens (tertiary/aromatic N) is 2. The number of aromatic nitrogens is 1. The van der Waals surface area contributed by atoms with Gasteiger partial charge in [0.1, 0.15) is 11.1 Å². The van der Waals surface area contributed by atoms with Crippen LogP contribution in [0.15, 0.2) is 17.2 Å². The molecule has 1 saturated carbocycles. The van der Waals surface area contributed by atoms with E-state index in [4.69, 9.17) is 0 Å². The molecule has 0 aromatic carbocycles. The van der Waals surface area contributed by atoms with Gasteiger partial charge in [-0.1, -0.05) is 19.8 Å². The second-order valence-corrected chi connectivity index (χ2v) is 7.94. The quantitative estimate of drug-likeness (QED) is 0.862. The predicted molar refractivity (Wildman–Crippen MR) is 105 cm³/mol. The lowest BCUT2D eigenvalue weighted by Gasteiger charge is -2.27. The van der Waals surface area contributed by atoms with E-state index in [1.165, 1.54) is 0 Å². The third kappa shape index (κ3) is 4.42. The number of carbonyl (C=O) groups excluding carboxylic acids is 2. The third-order valence-electron chi connectivity index (χ3n) is 5.90. The maximum absolute atomic E-state index is 13.0. The van der Waals surface area contributed by atoms with Crippen molar-refractivity contribution in [1.82, 2.24) is 14.8 Å². The summed E-state index contributed by atoms with van der Waals surface area (Å²) in [6.45, 7) is 5.27. The van der Waals surface area contributed by atoms with E-state index in [2.05, 4.69) is 5.32 Å². The predicted octanol–water partition coefficient (Wildman–Crippen LogP) is 3.12. The Morgan fingerprint density at radius 2 is 1.70 bits per heavy atom. The van der Waals surface area contributed by atoms with Gasteiger partial charge in [0.25, 0.3) is 11.8 Å². The summed E-state index contributed by atoms with van der Waals surface area (Å²) in [5.74, 6) is -0.612. The number of likely N-dealkylation sites (tertiary alicyclic amines) is 1. The standard InChI is InChI=1S/C21H31N3O3/c1-3-15(2)22-20(26)17-13-24(16-9-5-6-10-16)14-18(19(17)25)21(27)23-11-7-4-8-12-23/h13-16H,3-12H2,1-2H3,(H,22,26)/t15-/m0/s1. The molecule has 2 heterocycles. The highest BCUT2D eigenvalue weighted by Crippen LogP contribution is 2.29. The van der Waals surface area contributed by atoms with Crippen molar-refractivity contribution in [2.75, 3.05) is 13.1 Å². The van der Waals surface area contributed by atoms with E-state index < -0.39 is 5.43 Å². The molecule has 27 heavy (non-hydrogen) atoms. The van der Waals surface area contributed by atoms with Gasteiger partial charge in [0, 0.05) is 37.6 Å². The normalized spacial score (nSPS) is 19.1. The highest BCUT2D eigenvalue weighted by Gasteiger charge is 2.26. The molecule has 2 amide bonds. The Bertz CT molecular complexity index is 744. The molecule has 1 aromatic rings. The van der Waals surface area contributed by atoms with Gasteiger partial charge in [-0.05, 0) is 45.4 Å². The number of hydrogen-bond donors (Lipinski definition) is 1. The van der Waals surface area contributed by atoms with Crippen molar-refractivity contribution in [2.45, 2.75) is 77.3 Å². The Morgan fingerprint density at radius 1 is 1.07 bits per heavy atom. The monoisotopic (exact) mass is 373 g/mol. The van der Waals surface area contributed by atoms with Crippen molar-refractivity contribution in [3.63, 3.8) is 0 Å². The maximum Gasteiger partial charge on any atom is 0.259 e. The molecular weight excluding hydrogens is 342 g/mol. The number of nitrogens with one attached hydrogen (secondary N) is 1. The molecule has 1 aliphatic carbocycles. The average molecular weight is 373 g/mol. The number of rotatable bonds is 5. The fraction of sp³-hybridized carbons (Fsp3) is 0.667. The van der Waals surface area contributed by atoms with Crippen LogP contribution >= 0.6 is 0 Å². The Kier molecular flexibility index (Phi) is 6.34. The molecule has 3 rings (SSSR count). The summed E-state index contributed by atoms with van der Waals surface area (Å²) in [5.41, 5.74) is -0.216. The largest absolute Gasteiger partial charge is 0.349 e. The van der Waals surface area contributed by atoms with E-state index in [0.29, 0.717) is 13.1 Å². The van der Waals surface area contributed by atoms with Crippen molar-refractivity contribution in [3.8, 4) is 0 Å². The summed E-state index contributed by atoms with van der Waals surface area (Å²) >= 11 is 0. The van der Waals surface area contributed by atoms with E-state index in [-0.39, 0.29) is 35.0 Å². The van der Waals surface area contributed by atoms with Crippen molar-refractivity contribution in [2.24, 2.45) is 0 Å². The van der Waals surface area contributed by atoms with Gasteiger partial charge in [-0.15, -0.1) is 0 Å². The van der Waals surface area contributed by atoms with E-state index in [9.17, 15) is 14.4 Å². The van der Waals surface area contributed by atoms with Crippen LogP contribution in [0.25, 0.3) is 0 Å². The third-order valence-corrected chi connectivity index (χ3v) is 5.90. The summed E-state index contributed by atoms with van der Waals surface area (Å²) in [5, 5.41) is 2.87. The zero-order valence-corrected chi connectivity index (χ0v) is 16.5. The van der Waals surface area contributed by atoms with Crippen LogP contribution in [0, 0.1) is 0 Å². The Morgan fingerprint density at radius 3 is 2.33 bits per heavy atom. The minimum atomic E-state index is -0.444. The minimum Gasteiger partial charge on any atom is -0.349 e. The molecule has 0 spiro atoms. The zero-order chi connectivity index (χ0) is 19.4. The van der Waals surface area contributed by atoms with Gasteiger partial charge < -0.3 is 14.8 Å². The summed E-state index contributed by atoms with van der Waals surface area (Å²) in [7, 11) is 0. The van der Waals surface area contributed by atoms with Crippen LogP contribution in [-0.4, -0.2) is 40.4 Å². The first-order valence-corrected chi connectivity index (χ1v) is 10.4. The van der Waals surface area contributed by atoms with Crippen molar-refractivity contribution < 1.29 is 9.59 Å². The molecule has 1 aliphatic heterocycles. The Balaban J connectivity index is 1.98. The van der Waals surface area contributed by atoms with Gasteiger partial charge in [0.05, 0.1) is 0 Å². The number of pyridine rings is 1. The number of carbonyl (C=O) groups is 2. The summed E-state index contributed by atoms with van der Waals surface area (Å²) in [6, 6.07) is 0.243. The minimum absolute atomic E-state index is 0.0155. The van der Waals surface area contributed by atoms with Crippen LogP contribution in [0.1, 0.15) is 92.0 Å². The Hall–Kier alpha value is -2.11. The van der Waals surface area contributed by atoms with Gasteiger partial charge in [0.15, 0.2) is 0 Å². The molecule has 6 heteroatoms. The second kappa shape index (κ2) is 8.72. The van der Waals surface area contributed by atoms with Crippen molar-refractivity contribution >= 4 is 11.8 Å². The van der Waals surface area contributed by atoms with Crippen LogP contribution in [0.3, 0.4) is 0 Å². The molecule has 2 fully saturated rings. The molecule has 0 bridgehead atoms. The zero-order valence-electron chi connectivity index (χ0n) is 16.5. The first-order valence-electron chi connectivity index (χ1n) is 10.4. The second-order valence-electron chi connectivity index (χ2n) is 7.94. The van der Waals surface area contributed by atoms with E-state index in [1.54, 1.807) is 17.3 Å². The average Bonchev–Trinajstić information content (AvgIpc) is 3.23. The maximum atomic E-state index is 13.0. The first kappa shape index (κ1) is 19.6. The van der Waals surface area contributed by atoms with E-state index in [1.807, 2.05) is 18.4 Å². The molecule has 1 atom stereocenters. The molecule has 1 saturated heterocycles. The molecule has 0 radical (unpaired) electrons. The topological polar surface area (TPSA) is 71.4 Å². The lowest BCUT2D eigenvalue weighted by molar-refractivity contribution is 0.0722. The van der Waals surface area contributed by atoms with Crippen LogP contribution in [0.2, 0.25) is 0 Å². The number of amides is 2. The fourth-order valence-corrected chi connectivity index (χ4v) is 4.00. The van der Waals surface area contributed by atoms with Gasteiger partial charge in [-0.2, -0.15) is 0 Å². The lowest BCUT2D eigenvalue weighted by atomic mass is 10.1. The summed E-state index contributed by atoms with van der Waals surface area (Å²) < 4.78 is 1.94. The number of hydrogen-bond acceptors (Lipinski definition) is 3. The molecule has 1 aromatic heterocycles. The van der Waals surface area contributed by atoms with Crippen molar-refractivity contribution in [3.05, 3.63) is 33.7 Å². The lowest BCUT2D eigenvalue weighted by Crippen LogP contribution is -2.41. The SMILES string of the molecule is CC[C@H](C)NC(=O)c1cn(C2CCCC2)cc(C(=O)N2CCCCC2)c1=O. The van der Waals surface area contributed by atoms with Gasteiger partial charge >= 0.3 is 0 Å². The Labute approximate surface area is 160 Å². The molecule has 6 nitrogen and oxygen atoms in total. The summed E-state index contributed by atoms with van der Waals surface area (Å²) in [4.78, 5) is 40.5. The smallest absolute Gasteiger partial charge is 0.259 e. The highest BCUT2D eigenvalue weighted by atomic mass is 16.2. The van der Waals surface area contributed by atoms with Crippen LogP contribution in [0.5, 0.6) is 0 Å². The fourth-order valence-electron chi connectivity index (χ4n) is 4.00. The van der Waals surface area contributed by atoms with Gasteiger partial charge in [-0.3, -0.25) is 14.4 Å². The van der Waals surface area contributed by atoms with Crippen LogP contribution < -0.4 is 10.7 Å². The highest BCUT2D eigenvalue weighted by molar-refractivity contribution is 5.99. The molecule has 148 valence electrons. The molecule has 2 aliphatic rings.